The van der Waals surface area contributed by atoms with Gasteiger partial charge in [0, 0.05) is 29.4 Å². The first kappa shape index (κ1) is 12.6. The average molecular weight is 265 g/mol. The summed E-state index contributed by atoms with van der Waals surface area (Å²) in [4.78, 5) is 11.2. The van der Waals surface area contributed by atoms with Crippen molar-refractivity contribution in [1.82, 2.24) is 9.78 Å². The van der Waals surface area contributed by atoms with E-state index in [1.165, 1.54) is 6.07 Å². The third kappa shape index (κ3) is 2.24. The lowest BCUT2D eigenvalue weighted by atomic mass is 9.99. The van der Waals surface area contributed by atoms with E-state index >= 15 is 0 Å². The third-order valence-corrected chi connectivity index (χ3v) is 2.98. The number of nitrogens with zero attached hydrogens (tertiary/aromatic N) is 2. The van der Waals surface area contributed by atoms with Gasteiger partial charge in [0.05, 0.1) is 11.3 Å². The summed E-state index contributed by atoms with van der Waals surface area (Å²) in [5.74, 6) is -0.965. The number of benzene rings is 1. The fourth-order valence-corrected chi connectivity index (χ4v) is 2.12. The summed E-state index contributed by atoms with van der Waals surface area (Å²) < 4.78 is 1.68. The minimum atomic E-state index is -0.965. The second-order valence-corrected chi connectivity index (χ2v) is 4.45. The van der Waals surface area contributed by atoms with Crippen molar-refractivity contribution in [3.63, 3.8) is 0 Å². The largest absolute Gasteiger partial charge is 0.478 e. The highest BCUT2D eigenvalue weighted by molar-refractivity contribution is 6.31. The SMILES string of the molecule is CCc1nn(C)cc1-c1cc(Cl)ccc1C(=O)O. The molecule has 0 unspecified atom stereocenters. The molecule has 0 amide bonds. The summed E-state index contributed by atoms with van der Waals surface area (Å²) in [6.07, 6.45) is 2.55. The average Bonchev–Trinajstić information content (AvgIpc) is 2.69. The topological polar surface area (TPSA) is 55.1 Å². The molecule has 0 saturated heterocycles. The van der Waals surface area contributed by atoms with Crippen LogP contribution in [0.5, 0.6) is 0 Å². The maximum Gasteiger partial charge on any atom is 0.336 e. The van der Waals surface area contributed by atoms with Crippen LogP contribution in [0.3, 0.4) is 0 Å². The van der Waals surface area contributed by atoms with Gasteiger partial charge in [-0.3, -0.25) is 4.68 Å². The van der Waals surface area contributed by atoms with Crippen LogP contribution < -0.4 is 0 Å². The highest BCUT2D eigenvalue weighted by atomic mass is 35.5. The predicted molar refractivity (Wildman–Crippen MR) is 70.0 cm³/mol. The van der Waals surface area contributed by atoms with Crippen LogP contribution in [-0.4, -0.2) is 20.9 Å². The Labute approximate surface area is 110 Å². The molecule has 4 nitrogen and oxygen atoms in total. The molecule has 18 heavy (non-hydrogen) atoms. The van der Waals surface area contributed by atoms with Crippen molar-refractivity contribution >= 4 is 17.6 Å². The van der Waals surface area contributed by atoms with E-state index in [0.717, 1.165) is 17.7 Å². The summed E-state index contributed by atoms with van der Waals surface area (Å²) >= 11 is 5.95. The fourth-order valence-electron chi connectivity index (χ4n) is 1.95. The normalized spacial score (nSPS) is 10.6. The third-order valence-electron chi connectivity index (χ3n) is 2.74. The zero-order chi connectivity index (χ0) is 13.3. The second kappa shape index (κ2) is 4.82. The maximum atomic E-state index is 11.2. The van der Waals surface area contributed by atoms with Crippen molar-refractivity contribution in [2.45, 2.75) is 13.3 Å². The zero-order valence-electron chi connectivity index (χ0n) is 10.1. The Balaban J connectivity index is 2.68. The molecular formula is C13H13ClN2O2. The number of carbonyl (C=O) groups is 1. The van der Waals surface area contributed by atoms with Crippen LogP contribution in [0.4, 0.5) is 0 Å². The van der Waals surface area contributed by atoms with Crippen LogP contribution in [-0.2, 0) is 13.5 Å². The molecule has 0 bridgehead atoms. The Morgan fingerprint density at radius 1 is 1.44 bits per heavy atom. The van der Waals surface area contributed by atoms with E-state index in [1.54, 1.807) is 16.8 Å². The smallest absolute Gasteiger partial charge is 0.336 e. The summed E-state index contributed by atoms with van der Waals surface area (Å²) in [6.45, 7) is 1.98. The molecule has 1 aromatic carbocycles. The molecule has 0 radical (unpaired) electrons. The van der Waals surface area contributed by atoms with Crippen molar-refractivity contribution in [1.29, 1.82) is 0 Å². The molecule has 0 atom stereocenters. The number of aromatic carboxylic acids is 1. The van der Waals surface area contributed by atoms with Gasteiger partial charge in [0.25, 0.3) is 0 Å². The summed E-state index contributed by atoms with van der Waals surface area (Å²) in [7, 11) is 1.81. The van der Waals surface area contributed by atoms with E-state index < -0.39 is 5.97 Å². The van der Waals surface area contributed by atoms with Crippen LogP contribution in [0, 0.1) is 0 Å². The quantitative estimate of drug-likeness (QED) is 0.927. The van der Waals surface area contributed by atoms with Crippen molar-refractivity contribution in [2.24, 2.45) is 7.05 Å². The predicted octanol–water partition coefficient (Wildman–Crippen LogP) is 3.00. The van der Waals surface area contributed by atoms with Gasteiger partial charge < -0.3 is 5.11 Å². The van der Waals surface area contributed by atoms with Crippen molar-refractivity contribution in [3.8, 4) is 11.1 Å². The van der Waals surface area contributed by atoms with E-state index in [-0.39, 0.29) is 5.56 Å². The Morgan fingerprint density at radius 3 is 2.78 bits per heavy atom. The Kier molecular flexibility index (Phi) is 3.39. The highest BCUT2D eigenvalue weighted by Gasteiger charge is 2.16. The van der Waals surface area contributed by atoms with E-state index in [2.05, 4.69) is 5.10 Å². The lowest BCUT2D eigenvalue weighted by Crippen LogP contribution is -2.00. The molecule has 0 fully saturated rings. The Bertz CT molecular complexity index is 605. The molecule has 0 aliphatic heterocycles. The van der Waals surface area contributed by atoms with Crippen LogP contribution in [0.25, 0.3) is 11.1 Å². The van der Waals surface area contributed by atoms with Crippen LogP contribution in [0.1, 0.15) is 23.0 Å². The van der Waals surface area contributed by atoms with Gasteiger partial charge >= 0.3 is 5.97 Å². The molecule has 0 saturated carbocycles. The molecule has 1 aromatic heterocycles. The summed E-state index contributed by atoms with van der Waals surface area (Å²) in [5.41, 5.74) is 2.53. The van der Waals surface area contributed by atoms with Gasteiger partial charge in [0.15, 0.2) is 0 Å². The molecule has 94 valence electrons. The number of hydrogen-bond acceptors (Lipinski definition) is 2. The minimum Gasteiger partial charge on any atom is -0.478 e. The van der Waals surface area contributed by atoms with Crippen molar-refractivity contribution in [3.05, 3.63) is 40.7 Å². The standard InChI is InChI=1S/C13H13ClN2O2/c1-3-12-11(7-16(2)15-12)10-6-8(14)4-5-9(10)13(17)18/h4-7H,3H2,1-2H3,(H,17,18). The number of aromatic nitrogens is 2. The van der Waals surface area contributed by atoms with Crippen LogP contribution >= 0.6 is 11.6 Å². The van der Waals surface area contributed by atoms with Crippen molar-refractivity contribution < 1.29 is 9.90 Å². The number of aryl methyl sites for hydroxylation is 2. The monoisotopic (exact) mass is 264 g/mol. The lowest BCUT2D eigenvalue weighted by molar-refractivity contribution is 0.0698. The van der Waals surface area contributed by atoms with E-state index in [1.807, 2.05) is 20.2 Å². The summed E-state index contributed by atoms with van der Waals surface area (Å²) in [5, 5.41) is 14.0. The molecule has 0 aliphatic carbocycles. The van der Waals surface area contributed by atoms with Crippen LogP contribution in [0.2, 0.25) is 5.02 Å². The minimum absolute atomic E-state index is 0.238. The van der Waals surface area contributed by atoms with Crippen LogP contribution in [0.15, 0.2) is 24.4 Å². The molecule has 1 heterocycles. The Hall–Kier alpha value is -1.81. The lowest BCUT2D eigenvalue weighted by Gasteiger charge is -2.06. The van der Waals surface area contributed by atoms with Gasteiger partial charge in [-0.25, -0.2) is 4.79 Å². The first-order valence-electron chi connectivity index (χ1n) is 5.58. The van der Waals surface area contributed by atoms with Gasteiger partial charge in [0.2, 0.25) is 0 Å². The Morgan fingerprint density at radius 2 is 2.17 bits per heavy atom. The molecule has 0 spiro atoms. The van der Waals surface area contributed by atoms with Gasteiger partial charge in [0.1, 0.15) is 0 Å². The number of carboxylic acids is 1. The first-order chi connectivity index (χ1) is 8.52. The highest BCUT2D eigenvalue weighted by Crippen LogP contribution is 2.29. The van der Waals surface area contributed by atoms with Gasteiger partial charge in [-0.2, -0.15) is 5.10 Å². The molecule has 2 rings (SSSR count). The fraction of sp³-hybridized carbons (Fsp3) is 0.231. The maximum absolute atomic E-state index is 11.2. The molecule has 0 aliphatic rings. The number of halogens is 1. The van der Waals surface area contributed by atoms with Gasteiger partial charge in [-0.15, -0.1) is 0 Å². The van der Waals surface area contributed by atoms with Crippen molar-refractivity contribution in [2.75, 3.05) is 0 Å². The molecule has 5 heteroatoms. The van der Waals surface area contributed by atoms with E-state index in [4.69, 9.17) is 11.6 Å². The van der Waals surface area contributed by atoms with Gasteiger partial charge in [-0.1, -0.05) is 18.5 Å². The summed E-state index contributed by atoms with van der Waals surface area (Å²) in [6, 6.07) is 4.77. The van der Waals surface area contributed by atoms with E-state index in [9.17, 15) is 9.90 Å². The number of rotatable bonds is 3. The number of carboxylic acid groups (broad SMARTS) is 1. The molecular weight excluding hydrogens is 252 g/mol. The van der Waals surface area contributed by atoms with E-state index in [0.29, 0.717) is 10.6 Å². The van der Waals surface area contributed by atoms with Gasteiger partial charge in [-0.05, 0) is 24.6 Å². The first-order valence-corrected chi connectivity index (χ1v) is 5.96. The number of hydrogen-bond donors (Lipinski definition) is 1. The second-order valence-electron chi connectivity index (χ2n) is 4.01. The molecule has 2 aromatic rings. The zero-order valence-corrected chi connectivity index (χ0v) is 10.9. The molecule has 1 N–H and O–H groups in total.